The van der Waals surface area contributed by atoms with Crippen molar-refractivity contribution in [3.63, 3.8) is 0 Å². The summed E-state index contributed by atoms with van der Waals surface area (Å²) in [6.07, 6.45) is 5.27. The molecular formula is C32H40ClIN2O7. The third-order valence-corrected chi connectivity index (χ3v) is 9.22. The number of ether oxygens (including phenoxy) is 2. The van der Waals surface area contributed by atoms with Crippen LogP contribution in [0.25, 0.3) is 0 Å². The Hall–Kier alpha value is -2.38. The number of nitrogens with one attached hydrogen (secondary N) is 1. The van der Waals surface area contributed by atoms with Crippen molar-refractivity contribution >= 4 is 46.0 Å². The lowest BCUT2D eigenvalue weighted by molar-refractivity contribution is -0.139. The number of hydrogen-bond donors (Lipinski definition) is 4. The molecule has 2 amide bonds. The molecule has 4 N–H and O–H groups in total. The largest absolute Gasteiger partial charge is 0.493 e. The summed E-state index contributed by atoms with van der Waals surface area (Å²) in [4.78, 5) is 28.7. The number of benzene rings is 2. The molecule has 0 aromatic heterocycles. The molecule has 0 heterocycles. The zero-order valence-electron chi connectivity index (χ0n) is 24.3. The van der Waals surface area contributed by atoms with Crippen molar-refractivity contribution < 1.29 is 34.4 Å². The molecule has 3 unspecified atom stereocenters. The first-order chi connectivity index (χ1) is 20.7. The second-order valence-electron chi connectivity index (χ2n) is 11.1. The van der Waals surface area contributed by atoms with Gasteiger partial charge in [0, 0.05) is 36.5 Å². The van der Waals surface area contributed by atoms with Crippen LogP contribution in [0.15, 0.2) is 48.0 Å². The summed E-state index contributed by atoms with van der Waals surface area (Å²) in [5.41, 5.74) is 1.83. The second-order valence-corrected chi connectivity index (χ2v) is 12.7. The van der Waals surface area contributed by atoms with E-state index in [2.05, 4.69) is 27.9 Å². The highest BCUT2D eigenvalue weighted by atomic mass is 127. The first kappa shape index (κ1) is 33.5. The lowest BCUT2D eigenvalue weighted by Gasteiger charge is -2.41. The van der Waals surface area contributed by atoms with E-state index in [1.54, 1.807) is 35.2 Å². The summed E-state index contributed by atoms with van der Waals surface area (Å²) in [6, 6.07) is 9.87. The molecule has 2 aliphatic rings. The predicted octanol–water partition coefficient (Wildman–Crippen LogP) is 4.36. The van der Waals surface area contributed by atoms with Crippen molar-refractivity contribution in [3.8, 4) is 11.5 Å². The van der Waals surface area contributed by atoms with Crippen LogP contribution in [0.5, 0.6) is 11.5 Å². The summed E-state index contributed by atoms with van der Waals surface area (Å²) in [5.74, 6) is 0.747. The van der Waals surface area contributed by atoms with Crippen molar-refractivity contribution in [1.82, 2.24) is 10.2 Å². The number of aliphatic hydroxyl groups is 3. The van der Waals surface area contributed by atoms with E-state index >= 15 is 0 Å². The first-order valence-corrected chi connectivity index (χ1v) is 16.1. The maximum atomic E-state index is 13.9. The molecule has 3 atom stereocenters. The lowest BCUT2D eigenvalue weighted by Crippen LogP contribution is -2.54. The highest BCUT2D eigenvalue weighted by molar-refractivity contribution is 14.1. The molecule has 0 radical (unpaired) electrons. The number of halogens is 2. The minimum atomic E-state index is -1.17. The van der Waals surface area contributed by atoms with E-state index in [4.69, 9.17) is 21.1 Å². The smallest absolute Gasteiger partial charge is 0.247 e. The Balaban J connectivity index is 1.68. The maximum absolute atomic E-state index is 13.9. The molecule has 43 heavy (non-hydrogen) atoms. The van der Waals surface area contributed by atoms with Gasteiger partial charge in [0.2, 0.25) is 11.8 Å². The number of hydrogen-bond acceptors (Lipinski definition) is 7. The fourth-order valence-corrected chi connectivity index (χ4v) is 6.76. The molecule has 0 bridgehead atoms. The Kier molecular flexibility index (Phi) is 12.5. The quantitative estimate of drug-likeness (QED) is 0.226. The van der Waals surface area contributed by atoms with Crippen LogP contribution >= 0.6 is 34.2 Å². The van der Waals surface area contributed by atoms with E-state index in [1.807, 2.05) is 12.1 Å². The molecule has 2 aromatic rings. The van der Waals surface area contributed by atoms with E-state index < -0.39 is 24.2 Å². The summed E-state index contributed by atoms with van der Waals surface area (Å²) < 4.78 is 12.5. The van der Waals surface area contributed by atoms with Gasteiger partial charge >= 0.3 is 0 Å². The Morgan fingerprint density at radius 3 is 2.49 bits per heavy atom. The highest BCUT2D eigenvalue weighted by Gasteiger charge is 2.41. The van der Waals surface area contributed by atoms with E-state index in [0.29, 0.717) is 43.6 Å². The monoisotopic (exact) mass is 726 g/mol. The molecule has 11 heteroatoms. The summed E-state index contributed by atoms with van der Waals surface area (Å²) >= 11 is 8.20. The zero-order valence-corrected chi connectivity index (χ0v) is 27.2. The number of nitrogens with zero attached hydrogens (tertiary/aromatic N) is 1. The third-order valence-electron chi connectivity index (χ3n) is 8.17. The van der Waals surface area contributed by atoms with E-state index in [-0.39, 0.29) is 38.6 Å². The average molecular weight is 727 g/mol. The van der Waals surface area contributed by atoms with Crippen molar-refractivity contribution in [3.05, 3.63) is 67.8 Å². The first-order valence-electron chi connectivity index (χ1n) is 14.7. The molecule has 1 saturated carbocycles. The van der Waals surface area contributed by atoms with Gasteiger partial charge in [-0.15, -0.1) is 0 Å². The van der Waals surface area contributed by atoms with Crippen molar-refractivity contribution in [2.24, 2.45) is 5.92 Å². The number of carbonyl (C=O) groups is 2. The van der Waals surface area contributed by atoms with Crippen LogP contribution in [0.2, 0.25) is 5.02 Å². The molecule has 234 valence electrons. The van der Waals surface area contributed by atoms with Crippen LogP contribution in [-0.4, -0.2) is 70.5 Å². The van der Waals surface area contributed by atoms with Crippen LogP contribution in [-0.2, 0) is 22.7 Å². The Bertz CT molecular complexity index is 1280. The standard InChI is InChI=1S/C32H40ClIN2O7/c1-42-28-15-22(19-38)14-25(34)31(28)43-27-17-23(32(41)35-12-13-37)16-26(30(27)40)36(18-21-6-9-24(33)10-7-21)29(39)11-8-20-4-2-3-5-20/h6-7,9-10,14-15,17,20,26-27,30,37-38,40H,2-5,8,11-13,16,18-19H2,1H3,(H,35,41). The van der Waals surface area contributed by atoms with Gasteiger partial charge in [-0.05, 0) is 76.4 Å². The molecular weight excluding hydrogens is 687 g/mol. The summed E-state index contributed by atoms with van der Waals surface area (Å²) in [6.45, 7) is -0.108. The third kappa shape index (κ3) is 8.85. The molecule has 0 saturated heterocycles. The number of aliphatic hydroxyl groups excluding tert-OH is 3. The van der Waals surface area contributed by atoms with Gasteiger partial charge < -0.3 is 35.0 Å². The van der Waals surface area contributed by atoms with Crippen molar-refractivity contribution in [1.29, 1.82) is 0 Å². The zero-order chi connectivity index (χ0) is 30.9. The Morgan fingerprint density at radius 1 is 1.12 bits per heavy atom. The normalized spacial score (nSPS) is 20.4. The number of carbonyl (C=O) groups excluding carboxylic acids is 2. The molecule has 0 spiro atoms. The molecule has 2 aromatic carbocycles. The van der Waals surface area contributed by atoms with Gasteiger partial charge in [0.1, 0.15) is 12.2 Å². The lowest BCUT2D eigenvalue weighted by atomic mass is 9.87. The average Bonchev–Trinajstić information content (AvgIpc) is 3.54. The highest BCUT2D eigenvalue weighted by Crippen LogP contribution is 2.38. The second kappa shape index (κ2) is 16.1. The van der Waals surface area contributed by atoms with Crippen LogP contribution < -0.4 is 14.8 Å². The molecule has 2 aliphatic carbocycles. The van der Waals surface area contributed by atoms with Crippen LogP contribution in [0, 0.1) is 9.49 Å². The number of amides is 2. The van der Waals surface area contributed by atoms with Gasteiger partial charge in [0.15, 0.2) is 11.5 Å². The van der Waals surface area contributed by atoms with Gasteiger partial charge in [-0.2, -0.15) is 0 Å². The fraction of sp³-hybridized carbons (Fsp3) is 0.500. The van der Waals surface area contributed by atoms with E-state index in [0.717, 1.165) is 24.8 Å². The maximum Gasteiger partial charge on any atom is 0.247 e. The topological polar surface area (TPSA) is 129 Å². The van der Waals surface area contributed by atoms with Crippen molar-refractivity contribution in [2.75, 3.05) is 20.3 Å². The van der Waals surface area contributed by atoms with Crippen molar-refractivity contribution in [2.45, 2.75) is 76.3 Å². The summed E-state index contributed by atoms with van der Waals surface area (Å²) in [7, 11) is 1.49. The van der Waals surface area contributed by atoms with Crippen LogP contribution in [0.1, 0.15) is 56.1 Å². The Morgan fingerprint density at radius 2 is 1.84 bits per heavy atom. The molecule has 1 fully saturated rings. The van der Waals surface area contributed by atoms with E-state index in [1.165, 1.54) is 20.0 Å². The minimum absolute atomic E-state index is 0.0675. The van der Waals surface area contributed by atoms with E-state index in [9.17, 15) is 24.9 Å². The fourth-order valence-electron chi connectivity index (χ4n) is 5.84. The minimum Gasteiger partial charge on any atom is -0.493 e. The molecule has 9 nitrogen and oxygen atoms in total. The molecule has 4 rings (SSSR count). The molecule has 0 aliphatic heterocycles. The summed E-state index contributed by atoms with van der Waals surface area (Å²) in [5, 5.41) is 34.0. The number of methoxy groups -OCH3 is 1. The SMILES string of the molecule is COc1cc(CO)cc(I)c1OC1C=C(C(=O)NCCO)CC(N(Cc2ccc(Cl)cc2)C(=O)CCC2CCCC2)C1O. The van der Waals surface area contributed by atoms with Gasteiger partial charge in [0.05, 0.1) is 29.9 Å². The van der Waals surface area contributed by atoms with Gasteiger partial charge in [-0.25, -0.2) is 0 Å². The Labute approximate surface area is 271 Å². The van der Waals surface area contributed by atoms with Gasteiger partial charge in [-0.1, -0.05) is 49.4 Å². The van der Waals surface area contributed by atoms with Gasteiger partial charge in [0.25, 0.3) is 0 Å². The van der Waals surface area contributed by atoms with Crippen LogP contribution in [0.3, 0.4) is 0 Å². The van der Waals surface area contributed by atoms with Crippen LogP contribution in [0.4, 0.5) is 0 Å². The predicted molar refractivity (Wildman–Crippen MR) is 172 cm³/mol. The number of rotatable bonds is 13. The van der Waals surface area contributed by atoms with Gasteiger partial charge in [-0.3, -0.25) is 9.59 Å².